The largest absolute Gasteiger partial charge is 0.491 e. The zero-order chi connectivity index (χ0) is 77.8. The van der Waals surface area contributed by atoms with Crippen LogP contribution in [-0.4, -0.2) is 125 Å². The molecule has 9 rings (SSSR count). The van der Waals surface area contributed by atoms with E-state index in [0.29, 0.717) is 46.0 Å². The Kier molecular flexibility index (Phi) is 29.5. The highest BCUT2D eigenvalue weighted by molar-refractivity contribution is 8.01. The lowest BCUT2D eigenvalue weighted by molar-refractivity contribution is -0.385. The number of non-ortho nitro benzene ring substituents is 4. The quantitative estimate of drug-likeness (QED) is 0.0200. The van der Waals surface area contributed by atoms with E-state index in [1.165, 1.54) is 95.6 Å². The van der Waals surface area contributed by atoms with Crippen LogP contribution in [0.4, 0.5) is 22.7 Å². The van der Waals surface area contributed by atoms with Crippen molar-refractivity contribution in [2.45, 2.75) is 144 Å². The highest BCUT2D eigenvalue weighted by Crippen LogP contribution is 2.57. The molecule has 0 aliphatic carbocycles. The first-order valence-corrected chi connectivity index (χ1v) is 38.4. The van der Waals surface area contributed by atoms with Crippen LogP contribution in [0.1, 0.15) is 105 Å². The second-order valence-electron chi connectivity index (χ2n) is 28.9. The van der Waals surface area contributed by atoms with E-state index in [4.69, 9.17) is 56.8 Å². The molecule has 1 aliphatic heterocycles. The predicted octanol–water partition coefficient (Wildman–Crippen LogP) is 19.3. The van der Waals surface area contributed by atoms with Crippen molar-refractivity contribution in [2.75, 3.05) is 106 Å². The molecule has 0 unspecified atom stereocenters. The number of hydrogen-bond donors (Lipinski definition) is 0. The number of benzene rings is 8. The number of ether oxygens (including phenoxy) is 12. The van der Waals surface area contributed by atoms with Crippen molar-refractivity contribution in [2.24, 2.45) is 0 Å². The third-order valence-corrected chi connectivity index (χ3v) is 20.7. The van der Waals surface area contributed by atoms with E-state index in [0.717, 1.165) is 61.4 Å². The van der Waals surface area contributed by atoms with E-state index in [1.54, 1.807) is 48.5 Å². The molecule has 1 aliphatic rings. The van der Waals surface area contributed by atoms with E-state index in [2.05, 4.69) is 132 Å². The minimum absolute atomic E-state index is 0.0423. The number of hydrogen-bond acceptors (Lipinski definition) is 24. The summed E-state index contributed by atoms with van der Waals surface area (Å²) in [4.78, 5) is 49.8. The molecular formula is C80H92N4O20S4. The molecular weight excluding hydrogens is 1470 g/mol. The topological polar surface area (TPSA) is 283 Å². The summed E-state index contributed by atoms with van der Waals surface area (Å²) in [5.41, 5.74) is 2.35. The summed E-state index contributed by atoms with van der Waals surface area (Å²) >= 11 is 6.09. The Hall–Kier alpha value is -9.00. The fraction of sp³-hybridized carbons (Fsp3) is 0.400. The van der Waals surface area contributed by atoms with Crippen molar-refractivity contribution in [3.63, 3.8) is 0 Å². The molecule has 0 saturated heterocycles. The SMILES string of the molecule is CC(C)(C)c1cc2c(OCCOCCOc3ccc([N+](=O)[O-])cc3)c(c1)Sc1cc(C(C)(C)C)cc(c1OCCOCCOc1ccc([N+](=O)[O-])cc1)Sc1cc(C(C)(C)C)cc(c1OCCOCCOc1ccc([N+](=O)[O-])cc1)Sc1cc(C(C)(C)C)cc(c1OCCOCCOc1ccc([N+](=O)[O-])cc1)S2. The van der Waals surface area contributed by atoms with Crippen molar-refractivity contribution < 1.29 is 76.5 Å². The van der Waals surface area contributed by atoms with Gasteiger partial charge in [-0.25, -0.2) is 0 Å². The molecule has 8 aromatic carbocycles. The van der Waals surface area contributed by atoms with Crippen LogP contribution in [-0.2, 0) is 40.6 Å². The van der Waals surface area contributed by atoms with Gasteiger partial charge in [0.2, 0.25) is 0 Å². The summed E-state index contributed by atoms with van der Waals surface area (Å²) < 4.78 is 76.8. The van der Waals surface area contributed by atoms with Gasteiger partial charge in [-0.3, -0.25) is 40.5 Å². The van der Waals surface area contributed by atoms with Gasteiger partial charge in [0.15, 0.2) is 0 Å². The molecule has 0 amide bonds. The van der Waals surface area contributed by atoms with Crippen molar-refractivity contribution in [3.8, 4) is 46.0 Å². The number of nitrogens with zero attached hydrogens (tertiary/aromatic N) is 4. The Bertz CT molecular complexity index is 3720. The van der Waals surface area contributed by atoms with Gasteiger partial charge in [-0.1, -0.05) is 130 Å². The molecule has 576 valence electrons. The molecule has 8 bridgehead atoms. The van der Waals surface area contributed by atoms with Gasteiger partial charge in [0, 0.05) is 48.5 Å². The second kappa shape index (κ2) is 38.4. The van der Waals surface area contributed by atoms with Crippen molar-refractivity contribution >= 4 is 69.8 Å². The van der Waals surface area contributed by atoms with Gasteiger partial charge in [-0.2, -0.15) is 0 Å². The molecule has 0 atom stereocenters. The molecule has 0 N–H and O–H groups in total. The Labute approximate surface area is 646 Å². The van der Waals surface area contributed by atoms with E-state index in [9.17, 15) is 40.5 Å². The maximum absolute atomic E-state index is 11.3. The van der Waals surface area contributed by atoms with Crippen LogP contribution < -0.4 is 37.9 Å². The molecule has 8 aromatic rings. The lowest BCUT2D eigenvalue weighted by Crippen LogP contribution is -2.16. The zero-order valence-electron chi connectivity index (χ0n) is 62.8. The summed E-state index contributed by atoms with van der Waals surface area (Å²) in [6.45, 7) is 28.8. The molecule has 24 nitrogen and oxygen atoms in total. The number of fused-ring (bicyclic) bond motifs is 8. The number of rotatable bonds is 36. The third-order valence-electron chi connectivity index (χ3n) is 16.5. The van der Waals surface area contributed by atoms with Gasteiger partial charge in [-0.05, 0) is 141 Å². The van der Waals surface area contributed by atoms with Gasteiger partial charge >= 0.3 is 0 Å². The van der Waals surface area contributed by atoms with E-state index >= 15 is 0 Å². The van der Waals surface area contributed by atoms with Crippen LogP contribution in [0.3, 0.4) is 0 Å². The highest BCUT2D eigenvalue weighted by atomic mass is 32.2. The smallest absolute Gasteiger partial charge is 0.269 e. The summed E-state index contributed by atoms with van der Waals surface area (Å²) in [5.74, 6) is 4.21. The molecule has 108 heavy (non-hydrogen) atoms. The van der Waals surface area contributed by atoms with Gasteiger partial charge in [0.05, 0.1) is 112 Å². The van der Waals surface area contributed by atoms with Crippen LogP contribution >= 0.6 is 47.0 Å². The van der Waals surface area contributed by atoms with E-state index in [1.807, 2.05) is 0 Å². The first-order chi connectivity index (χ1) is 51.4. The van der Waals surface area contributed by atoms with Crippen LogP contribution in [0.25, 0.3) is 0 Å². The van der Waals surface area contributed by atoms with Gasteiger partial charge in [-0.15, -0.1) is 0 Å². The average molecular weight is 1560 g/mol. The Morgan fingerprint density at radius 2 is 0.389 bits per heavy atom. The number of nitro groups is 4. The van der Waals surface area contributed by atoms with Crippen LogP contribution in [0.5, 0.6) is 46.0 Å². The molecule has 28 heteroatoms. The maximum atomic E-state index is 11.3. The highest BCUT2D eigenvalue weighted by Gasteiger charge is 2.31. The summed E-state index contributed by atoms with van der Waals surface area (Å²) in [6, 6.07) is 41.0. The molecule has 0 aromatic heterocycles. The van der Waals surface area contributed by atoms with Gasteiger partial charge in [0.1, 0.15) is 98.9 Å². The first-order valence-electron chi connectivity index (χ1n) is 35.1. The first kappa shape index (κ1) is 83.0. The molecule has 0 spiro atoms. The van der Waals surface area contributed by atoms with Crippen LogP contribution in [0, 0.1) is 40.5 Å². The van der Waals surface area contributed by atoms with Crippen molar-refractivity contribution in [3.05, 3.63) is 208 Å². The van der Waals surface area contributed by atoms with Crippen LogP contribution in [0.15, 0.2) is 185 Å². The van der Waals surface area contributed by atoms with Crippen molar-refractivity contribution in [1.29, 1.82) is 0 Å². The molecule has 0 fully saturated rings. The summed E-state index contributed by atoms with van der Waals surface area (Å²) in [6.07, 6.45) is 0. The Balaban J connectivity index is 1.15. The molecule has 0 radical (unpaired) electrons. The minimum Gasteiger partial charge on any atom is -0.491 e. The monoisotopic (exact) mass is 1560 g/mol. The molecule has 1 heterocycles. The Morgan fingerprint density at radius 3 is 0.528 bits per heavy atom. The predicted molar refractivity (Wildman–Crippen MR) is 417 cm³/mol. The molecule has 0 saturated carbocycles. The fourth-order valence-corrected chi connectivity index (χ4v) is 15.2. The maximum Gasteiger partial charge on any atom is 0.269 e. The normalized spacial score (nSPS) is 12.4. The zero-order valence-corrected chi connectivity index (χ0v) is 66.0. The number of nitro benzene ring substituents is 4. The van der Waals surface area contributed by atoms with Crippen molar-refractivity contribution in [1.82, 2.24) is 0 Å². The van der Waals surface area contributed by atoms with E-state index in [-0.39, 0.29) is 128 Å². The average Bonchev–Trinajstić information content (AvgIpc) is 0.761. The lowest BCUT2D eigenvalue weighted by Gasteiger charge is -2.28. The third kappa shape index (κ3) is 24.5. The van der Waals surface area contributed by atoms with Gasteiger partial charge in [0.25, 0.3) is 22.7 Å². The van der Waals surface area contributed by atoms with Crippen LogP contribution in [0.2, 0.25) is 0 Å². The fourth-order valence-electron chi connectivity index (χ4n) is 10.4. The summed E-state index contributed by atoms with van der Waals surface area (Å²) in [7, 11) is 0. The van der Waals surface area contributed by atoms with E-state index < -0.39 is 41.4 Å². The lowest BCUT2D eigenvalue weighted by atomic mass is 9.87. The summed E-state index contributed by atoms with van der Waals surface area (Å²) in [5, 5.41) is 45.3. The second-order valence-corrected chi connectivity index (χ2v) is 33.2. The standard InChI is InChI=1S/C80H92N4O20S4/c1-77(2,3)53-45-65-73(101-41-33-93-29-37-97-61-21-13-57(14-22-61)81(85)86)66(46-53)106-68-48-55(79(7,8)9)50-70(75(68)103-43-35-95-31-39-99-63-25-17-59(18-26-63)83(89)90)108-72-52-56(80(10,11)12)51-71(76(72)104-44-36-96-32-40-100-64-27-19-60(20-28-64)84(91)92)107-69-49-54(78(4,5)6)47-67(105-65)74(69)102-42-34-94-30-38-98-62-23-15-58(16-24-62)82(87)88/h13-28,45-52H,29-44H2,1-12H3. The Morgan fingerprint density at radius 1 is 0.241 bits per heavy atom. The van der Waals surface area contributed by atoms with Gasteiger partial charge < -0.3 is 56.8 Å². The minimum atomic E-state index is -0.462.